The van der Waals surface area contributed by atoms with Crippen LogP contribution in [0.25, 0.3) is 32.9 Å². The maximum atomic E-state index is 6.31. The first kappa shape index (κ1) is 19.3. The lowest BCUT2D eigenvalue weighted by atomic mass is 10.0. The topological polar surface area (TPSA) is 95.6 Å². The molecule has 0 aliphatic carbocycles. The molecule has 0 bridgehead atoms. The van der Waals surface area contributed by atoms with Crippen LogP contribution in [-0.4, -0.2) is 55.5 Å². The highest BCUT2D eigenvalue weighted by molar-refractivity contribution is 6.10. The van der Waals surface area contributed by atoms with E-state index in [2.05, 4.69) is 19.9 Å². The first-order valence-electron chi connectivity index (χ1n) is 10.1. The lowest BCUT2D eigenvalue weighted by Crippen LogP contribution is -2.36. The Labute approximate surface area is 179 Å². The molecule has 0 saturated carbocycles. The molecule has 0 spiro atoms. The van der Waals surface area contributed by atoms with Crippen molar-refractivity contribution in [2.45, 2.75) is 0 Å². The van der Waals surface area contributed by atoms with Gasteiger partial charge in [-0.1, -0.05) is 0 Å². The number of fused-ring (bicyclic) bond motifs is 3. The lowest BCUT2D eigenvalue weighted by Gasteiger charge is -2.27. The van der Waals surface area contributed by atoms with Gasteiger partial charge < -0.3 is 24.8 Å². The average Bonchev–Trinajstić information content (AvgIpc) is 2.83. The van der Waals surface area contributed by atoms with Crippen molar-refractivity contribution < 1.29 is 14.2 Å². The summed E-state index contributed by atoms with van der Waals surface area (Å²) in [6.45, 7) is 3.14. The SMILES string of the molecule is COc1cc2ncc3c(N)nc(-c4ccc(N5CCOCC5)nc4)cc3c2cc1OC. The molecule has 4 heterocycles. The predicted molar refractivity (Wildman–Crippen MR) is 121 cm³/mol. The van der Waals surface area contributed by atoms with Gasteiger partial charge >= 0.3 is 0 Å². The van der Waals surface area contributed by atoms with Crippen LogP contribution in [0.15, 0.2) is 42.7 Å². The van der Waals surface area contributed by atoms with Gasteiger partial charge in [0.05, 0.1) is 38.6 Å². The molecule has 0 radical (unpaired) electrons. The Balaban J connectivity index is 1.61. The second-order valence-electron chi connectivity index (χ2n) is 7.34. The molecular weight excluding hydrogens is 394 g/mol. The minimum atomic E-state index is 0.425. The van der Waals surface area contributed by atoms with Gasteiger partial charge in [0, 0.05) is 47.9 Å². The number of methoxy groups -OCH3 is 2. The Hall–Kier alpha value is -3.65. The highest BCUT2D eigenvalue weighted by atomic mass is 16.5. The zero-order valence-electron chi connectivity index (χ0n) is 17.5. The van der Waals surface area contributed by atoms with Crippen LogP contribution >= 0.6 is 0 Å². The van der Waals surface area contributed by atoms with E-state index in [-0.39, 0.29) is 0 Å². The van der Waals surface area contributed by atoms with E-state index in [9.17, 15) is 0 Å². The highest BCUT2D eigenvalue weighted by Crippen LogP contribution is 2.37. The van der Waals surface area contributed by atoms with Crippen molar-refractivity contribution >= 4 is 33.3 Å². The second-order valence-corrected chi connectivity index (χ2v) is 7.34. The molecule has 1 fully saturated rings. The van der Waals surface area contributed by atoms with Crippen molar-refractivity contribution in [3.63, 3.8) is 0 Å². The Kier molecular flexibility index (Phi) is 4.91. The number of ether oxygens (including phenoxy) is 3. The molecule has 0 atom stereocenters. The van der Waals surface area contributed by atoms with Crippen LogP contribution < -0.4 is 20.1 Å². The largest absolute Gasteiger partial charge is 0.493 e. The van der Waals surface area contributed by atoms with Crippen LogP contribution in [0.1, 0.15) is 0 Å². The second kappa shape index (κ2) is 7.88. The van der Waals surface area contributed by atoms with Crippen LogP contribution in [0, 0.1) is 0 Å². The van der Waals surface area contributed by atoms with Gasteiger partial charge in [0.2, 0.25) is 0 Å². The number of aromatic nitrogens is 3. The molecule has 1 saturated heterocycles. The smallest absolute Gasteiger partial charge is 0.162 e. The van der Waals surface area contributed by atoms with E-state index in [1.165, 1.54) is 0 Å². The van der Waals surface area contributed by atoms with Gasteiger partial charge in [0.15, 0.2) is 11.5 Å². The number of hydrogen-bond donors (Lipinski definition) is 1. The summed E-state index contributed by atoms with van der Waals surface area (Å²) in [6.07, 6.45) is 3.58. The van der Waals surface area contributed by atoms with Crippen LogP contribution in [-0.2, 0) is 4.74 Å². The van der Waals surface area contributed by atoms with E-state index in [0.29, 0.717) is 17.3 Å². The molecule has 0 unspecified atom stereocenters. The zero-order valence-corrected chi connectivity index (χ0v) is 17.5. The fraction of sp³-hybridized carbons (Fsp3) is 0.261. The Morgan fingerprint density at radius 2 is 1.68 bits per heavy atom. The van der Waals surface area contributed by atoms with E-state index < -0.39 is 0 Å². The van der Waals surface area contributed by atoms with Gasteiger partial charge in [-0.25, -0.2) is 9.97 Å². The Morgan fingerprint density at radius 3 is 2.39 bits per heavy atom. The van der Waals surface area contributed by atoms with Crippen LogP contribution in [0.2, 0.25) is 0 Å². The van der Waals surface area contributed by atoms with Crippen molar-refractivity contribution in [1.82, 2.24) is 15.0 Å². The monoisotopic (exact) mass is 417 g/mol. The molecule has 158 valence electrons. The van der Waals surface area contributed by atoms with Gasteiger partial charge in [-0.3, -0.25) is 4.98 Å². The third kappa shape index (κ3) is 3.44. The van der Waals surface area contributed by atoms with Crippen molar-refractivity contribution in [2.24, 2.45) is 0 Å². The Bertz CT molecular complexity index is 1250. The summed E-state index contributed by atoms with van der Waals surface area (Å²) in [5, 5.41) is 2.66. The number of nitrogens with zero attached hydrogens (tertiary/aromatic N) is 4. The third-order valence-corrected chi connectivity index (χ3v) is 5.59. The van der Waals surface area contributed by atoms with E-state index in [1.807, 2.05) is 36.5 Å². The van der Waals surface area contributed by atoms with Crippen molar-refractivity contribution in [3.05, 3.63) is 42.7 Å². The molecule has 1 aliphatic rings. The Morgan fingerprint density at radius 1 is 0.903 bits per heavy atom. The van der Waals surface area contributed by atoms with Gasteiger partial charge in [-0.05, 0) is 29.7 Å². The number of rotatable bonds is 4. The normalized spacial score (nSPS) is 14.2. The maximum Gasteiger partial charge on any atom is 0.162 e. The molecule has 4 aromatic rings. The molecule has 8 heteroatoms. The van der Waals surface area contributed by atoms with Crippen LogP contribution in [0.3, 0.4) is 0 Å². The number of nitrogen functional groups attached to an aromatic ring is 1. The number of anilines is 2. The molecule has 5 rings (SSSR count). The standard InChI is InChI=1S/C23H23N5O3/c1-29-20-10-16-15-9-18(14-3-4-22(26-12-14)28-5-7-31-8-6-28)27-23(24)17(15)13-25-19(16)11-21(20)30-2/h3-4,9-13H,5-8H2,1-2H3,(H2,24,27). The van der Waals surface area contributed by atoms with Crippen molar-refractivity contribution in [1.29, 1.82) is 0 Å². The maximum absolute atomic E-state index is 6.31. The first-order chi connectivity index (χ1) is 15.2. The summed E-state index contributed by atoms with van der Waals surface area (Å²) in [7, 11) is 3.23. The van der Waals surface area contributed by atoms with Gasteiger partial charge in [0.25, 0.3) is 0 Å². The van der Waals surface area contributed by atoms with Gasteiger partial charge in [-0.2, -0.15) is 0 Å². The third-order valence-electron chi connectivity index (χ3n) is 5.59. The minimum absolute atomic E-state index is 0.425. The molecule has 31 heavy (non-hydrogen) atoms. The molecule has 3 aromatic heterocycles. The zero-order chi connectivity index (χ0) is 21.4. The summed E-state index contributed by atoms with van der Waals surface area (Å²) in [4.78, 5) is 16.0. The van der Waals surface area contributed by atoms with Crippen LogP contribution in [0.5, 0.6) is 11.5 Å². The molecule has 0 amide bonds. The van der Waals surface area contributed by atoms with E-state index in [0.717, 1.165) is 65.1 Å². The molecule has 8 nitrogen and oxygen atoms in total. The quantitative estimate of drug-likeness (QED) is 0.506. The number of morpholine rings is 1. The summed E-state index contributed by atoms with van der Waals surface area (Å²) in [5.41, 5.74) is 8.76. The molecule has 1 aliphatic heterocycles. The van der Waals surface area contributed by atoms with E-state index in [4.69, 9.17) is 19.9 Å². The van der Waals surface area contributed by atoms with Gasteiger partial charge in [-0.15, -0.1) is 0 Å². The lowest BCUT2D eigenvalue weighted by molar-refractivity contribution is 0.122. The molecule has 2 N–H and O–H groups in total. The average molecular weight is 417 g/mol. The van der Waals surface area contributed by atoms with E-state index >= 15 is 0 Å². The number of benzene rings is 1. The number of nitrogens with two attached hydrogens (primary N) is 1. The van der Waals surface area contributed by atoms with Crippen LogP contribution in [0.4, 0.5) is 11.6 Å². The summed E-state index contributed by atoms with van der Waals surface area (Å²) in [6, 6.07) is 9.85. The first-order valence-corrected chi connectivity index (χ1v) is 10.1. The van der Waals surface area contributed by atoms with Crippen molar-refractivity contribution in [2.75, 3.05) is 51.2 Å². The number of pyridine rings is 3. The van der Waals surface area contributed by atoms with Gasteiger partial charge in [0.1, 0.15) is 11.6 Å². The minimum Gasteiger partial charge on any atom is -0.493 e. The predicted octanol–water partition coefficient (Wildman–Crippen LogP) is 3.28. The fourth-order valence-electron chi connectivity index (χ4n) is 3.92. The van der Waals surface area contributed by atoms with Crippen molar-refractivity contribution in [3.8, 4) is 22.8 Å². The highest BCUT2D eigenvalue weighted by Gasteiger charge is 2.15. The fourth-order valence-corrected chi connectivity index (χ4v) is 3.92. The summed E-state index contributed by atoms with van der Waals surface area (Å²) < 4.78 is 16.3. The summed E-state index contributed by atoms with van der Waals surface area (Å²) >= 11 is 0. The molecule has 1 aromatic carbocycles. The van der Waals surface area contributed by atoms with E-state index in [1.54, 1.807) is 20.4 Å². The molecular formula is C23H23N5O3. The number of hydrogen-bond acceptors (Lipinski definition) is 8. The summed E-state index contributed by atoms with van der Waals surface area (Å²) in [5.74, 6) is 2.63.